The lowest BCUT2D eigenvalue weighted by Gasteiger charge is -2.09. The quantitative estimate of drug-likeness (QED) is 0.849. The first-order chi connectivity index (χ1) is 9.62. The summed E-state index contributed by atoms with van der Waals surface area (Å²) < 4.78 is 5.81. The largest absolute Gasteiger partial charge is 0.377 e. The van der Waals surface area contributed by atoms with Crippen LogP contribution in [0.1, 0.15) is 11.4 Å². The van der Waals surface area contributed by atoms with E-state index in [2.05, 4.69) is 37.3 Å². The third kappa shape index (κ3) is 3.67. The zero-order chi connectivity index (χ0) is 14.5. The molecule has 0 aliphatic carbocycles. The normalized spacial score (nSPS) is 10.1. The molecule has 2 aromatic rings. The van der Waals surface area contributed by atoms with E-state index in [-0.39, 0.29) is 6.61 Å². The molecule has 0 saturated heterocycles. The second-order valence-electron chi connectivity index (χ2n) is 3.85. The van der Waals surface area contributed by atoms with Gasteiger partial charge in [0.25, 0.3) is 0 Å². The molecule has 0 aliphatic rings. The van der Waals surface area contributed by atoms with E-state index >= 15 is 0 Å². The lowest BCUT2D eigenvalue weighted by atomic mass is 10.2. The van der Waals surface area contributed by atoms with Crippen LogP contribution in [0.4, 0.5) is 11.5 Å². The summed E-state index contributed by atoms with van der Waals surface area (Å²) in [5.74, 6) is 0.981. The Kier molecular flexibility index (Phi) is 4.90. The van der Waals surface area contributed by atoms with Gasteiger partial charge in [-0.3, -0.25) is 0 Å². The number of hydrogen-bond acceptors (Lipinski definition) is 5. The Morgan fingerprint density at radius 3 is 2.90 bits per heavy atom. The highest BCUT2D eigenvalue weighted by atomic mass is 79.9. The maximum Gasteiger partial charge on any atom is 0.158 e. The number of nitrogens with one attached hydrogen (secondary N) is 1. The van der Waals surface area contributed by atoms with Gasteiger partial charge in [-0.05, 0) is 18.2 Å². The fourth-order valence-electron chi connectivity index (χ4n) is 1.58. The van der Waals surface area contributed by atoms with E-state index in [4.69, 9.17) is 21.6 Å². The molecule has 1 aromatic carbocycles. The minimum atomic E-state index is 0.265. The smallest absolute Gasteiger partial charge is 0.158 e. The Hall–Kier alpha value is -1.68. The van der Waals surface area contributed by atoms with Crippen LogP contribution in [-0.4, -0.2) is 17.1 Å². The average Bonchev–Trinajstić information content (AvgIpc) is 2.40. The van der Waals surface area contributed by atoms with E-state index < -0.39 is 0 Å². The first-order valence-electron chi connectivity index (χ1n) is 5.61. The zero-order valence-electron chi connectivity index (χ0n) is 10.5. The molecule has 1 heterocycles. The molecule has 0 bridgehead atoms. The summed E-state index contributed by atoms with van der Waals surface area (Å²) >= 11 is 9.26. The second-order valence-corrected chi connectivity index (χ2v) is 5.15. The van der Waals surface area contributed by atoms with Gasteiger partial charge >= 0.3 is 0 Å². The number of methoxy groups -OCH3 is 1. The van der Waals surface area contributed by atoms with Crippen molar-refractivity contribution in [3.8, 4) is 6.07 Å². The molecule has 20 heavy (non-hydrogen) atoms. The Morgan fingerprint density at radius 1 is 1.40 bits per heavy atom. The number of hydrogen-bond donors (Lipinski definition) is 1. The van der Waals surface area contributed by atoms with Crippen molar-refractivity contribution < 1.29 is 4.74 Å². The molecule has 7 heteroatoms. The van der Waals surface area contributed by atoms with Crippen molar-refractivity contribution in [2.24, 2.45) is 0 Å². The molecule has 102 valence electrons. The first kappa shape index (κ1) is 14.7. The molecule has 0 unspecified atom stereocenters. The van der Waals surface area contributed by atoms with E-state index in [1.54, 1.807) is 25.3 Å². The number of nitriles is 1. The Bertz CT molecular complexity index is 672. The van der Waals surface area contributed by atoms with Crippen LogP contribution in [0, 0.1) is 11.3 Å². The third-order valence-corrected chi connectivity index (χ3v) is 3.07. The van der Waals surface area contributed by atoms with E-state index in [0.29, 0.717) is 28.0 Å². The van der Waals surface area contributed by atoms with Crippen LogP contribution in [-0.2, 0) is 11.3 Å². The molecular weight excluding hydrogens is 344 g/mol. The van der Waals surface area contributed by atoms with Crippen molar-refractivity contribution in [2.45, 2.75) is 6.61 Å². The van der Waals surface area contributed by atoms with Gasteiger partial charge in [-0.1, -0.05) is 27.5 Å². The summed E-state index contributed by atoms with van der Waals surface area (Å²) in [5.41, 5.74) is 1.15. The summed E-state index contributed by atoms with van der Waals surface area (Å²) in [6.07, 6.45) is 0. The summed E-state index contributed by atoms with van der Waals surface area (Å²) in [5, 5.41) is 12.5. The van der Waals surface area contributed by atoms with Crippen molar-refractivity contribution in [3.05, 3.63) is 45.3 Å². The SMILES string of the molecule is COCc1nc(Cl)cc(Nc2ccc(Br)cc2C#N)n1. The number of anilines is 2. The van der Waals surface area contributed by atoms with Gasteiger partial charge in [-0.2, -0.15) is 5.26 Å². The molecular formula is C13H10BrClN4O. The van der Waals surface area contributed by atoms with E-state index in [9.17, 15) is 0 Å². The third-order valence-electron chi connectivity index (χ3n) is 2.38. The number of nitrogens with zero attached hydrogens (tertiary/aromatic N) is 3. The van der Waals surface area contributed by atoms with Gasteiger partial charge in [0.1, 0.15) is 23.6 Å². The van der Waals surface area contributed by atoms with Crippen molar-refractivity contribution in [1.29, 1.82) is 5.26 Å². The fraction of sp³-hybridized carbons (Fsp3) is 0.154. The van der Waals surface area contributed by atoms with Crippen molar-refractivity contribution in [3.63, 3.8) is 0 Å². The van der Waals surface area contributed by atoms with E-state index in [1.165, 1.54) is 0 Å². The number of rotatable bonds is 4. The topological polar surface area (TPSA) is 70.8 Å². The summed E-state index contributed by atoms with van der Waals surface area (Å²) in [7, 11) is 1.56. The first-order valence-corrected chi connectivity index (χ1v) is 6.78. The highest BCUT2D eigenvalue weighted by Crippen LogP contribution is 2.24. The van der Waals surface area contributed by atoms with Crippen LogP contribution in [0.2, 0.25) is 5.15 Å². The van der Waals surface area contributed by atoms with Crippen molar-refractivity contribution in [1.82, 2.24) is 9.97 Å². The molecule has 0 fully saturated rings. The van der Waals surface area contributed by atoms with E-state index in [0.717, 1.165) is 4.47 Å². The monoisotopic (exact) mass is 352 g/mol. The standard InChI is InChI=1S/C13H10BrClN4O/c1-20-7-13-18-11(15)5-12(19-13)17-10-3-2-9(14)4-8(10)6-16/h2-5H,7H2,1H3,(H,17,18,19). The van der Waals surface area contributed by atoms with E-state index in [1.807, 2.05) is 6.07 Å². The van der Waals surface area contributed by atoms with Gasteiger partial charge in [0.2, 0.25) is 0 Å². The summed E-state index contributed by atoms with van der Waals surface area (Å²) in [4.78, 5) is 8.30. The Balaban J connectivity index is 2.32. The molecule has 0 spiro atoms. The van der Waals surface area contributed by atoms with Crippen molar-refractivity contribution in [2.75, 3.05) is 12.4 Å². The lowest BCUT2D eigenvalue weighted by molar-refractivity contribution is 0.178. The Labute approximate surface area is 129 Å². The molecule has 2 rings (SSSR count). The predicted molar refractivity (Wildman–Crippen MR) is 79.9 cm³/mol. The number of aromatic nitrogens is 2. The maximum absolute atomic E-state index is 9.12. The van der Waals surface area contributed by atoms with Gasteiger partial charge < -0.3 is 10.1 Å². The minimum Gasteiger partial charge on any atom is -0.377 e. The van der Waals surface area contributed by atoms with Crippen LogP contribution >= 0.6 is 27.5 Å². The molecule has 0 amide bonds. The van der Waals surface area contributed by atoms with Crippen LogP contribution < -0.4 is 5.32 Å². The molecule has 1 aromatic heterocycles. The molecule has 0 saturated carbocycles. The van der Waals surface area contributed by atoms with Gasteiger partial charge in [-0.15, -0.1) is 0 Å². The van der Waals surface area contributed by atoms with Crippen molar-refractivity contribution >= 4 is 39.0 Å². The lowest BCUT2D eigenvalue weighted by Crippen LogP contribution is -2.02. The van der Waals surface area contributed by atoms with Crippen LogP contribution in [0.3, 0.4) is 0 Å². The van der Waals surface area contributed by atoms with Gasteiger partial charge in [0, 0.05) is 17.6 Å². The molecule has 1 N–H and O–H groups in total. The predicted octanol–water partition coefficient (Wildman–Crippen LogP) is 3.65. The minimum absolute atomic E-state index is 0.265. The van der Waals surface area contributed by atoms with Crippen LogP contribution in [0.25, 0.3) is 0 Å². The highest BCUT2D eigenvalue weighted by molar-refractivity contribution is 9.10. The molecule has 0 aliphatic heterocycles. The maximum atomic E-state index is 9.12. The van der Waals surface area contributed by atoms with Gasteiger partial charge in [-0.25, -0.2) is 9.97 Å². The summed E-state index contributed by atoms with van der Waals surface area (Å²) in [6.45, 7) is 0.265. The van der Waals surface area contributed by atoms with Crippen LogP contribution in [0.5, 0.6) is 0 Å². The fourth-order valence-corrected chi connectivity index (χ4v) is 2.14. The van der Waals surface area contributed by atoms with Gasteiger partial charge in [0.15, 0.2) is 5.82 Å². The number of halogens is 2. The number of ether oxygens (including phenoxy) is 1. The second kappa shape index (κ2) is 6.66. The van der Waals surface area contributed by atoms with Crippen LogP contribution in [0.15, 0.2) is 28.7 Å². The Morgan fingerprint density at radius 2 is 2.20 bits per heavy atom. The zero-order valence-corrected chi connectivity index (χ0v) is 12.9. The highest BCUT2D eigenvalue weighted by Gasteiger charge is 2.07. The number of benzene rings is 1. The van der Waals surface area contributed by atoms with Gasteiger partial charge in [0.05, 0.1) is 11.3 Å². The average molecular weight is 354 g/mol. The molecule has 5 nitrogen and oxygen atoms in total. The summed E-state index contributed by atoms with van der Waals surface area (Å²) in [6, 6.07) is 9.05. The molecule has 0 atom stereocenters. The molecule has 0 radical (unpaired) electrons.